The zero-order valence-corrected chi connectivity index (χ0v) is 11.6. The maximum atomic E-state index is 13.9. The van der Waals surface area contributed by atoms with Crippen molar-refractivity contribution in [2.45, 2.75) is 39.2 Å². The topological polar surface area (TPSA) is 12.0 Å². The largest absolute Gasteiger partial charge is 0.313 e. The normalized spacial score (nSPS) is 23.6. The van der Waals surface area contributed by atoms with Gasteiger partial charge in [-0.2, -0.15) is 0 Å². The molecule has 19 heavy (non-hydrogen) atoms. The number of benzene rings is 1. The molecule has 2 atom stereocenters. The molecule has 0 saturated heterocycles. The van der Waals surface area contributed by atoms with Gasteiger partial charge < -0.3 is 5.32 Å². The van der Waals surface area contributed by atoms with Gasteiger partial charge in [-0.15, -0.1) is 0 Å². The third kappa shape index (κ3) is 2.64. The van der Waals surface area contributed by atoms with Crippen molar-refractivity contribution in [1.29, 1.82) is 0 Å². The summed E-state index contributed by atoms with van der Waals surface area (Å²) in [7, 11) is 1.70. The van der Waals surface area contributed by atoms with E-state index in [-0.39, 0.29) is 16.9 Å². The first-order chi connectivity index (χ1) is 8.86. The molecule has 1 aromatic carbocycles. The highest BCUT2D eigenvalue weighted by Gasteiger charge is 2.41. The molecule has 1 nitrogen and oxygen atoms in total. The quantitative estimate of drug-likeness (QED) is 0.869. The monoisotopic (exact) mass is 271 g/mol. The van der Waals surface area contributed by atoms with Crippen molar-refractivity contribution in [1.82, 2.24) is 5.32 Å². The summed E-state index contributed by atoms with van der Waals surface area (Å²) in [5.74, 6) is -2.34. The molecule has 0 bridgehead atoms. The standard InChI is InChI=1S/C15H20F3N/c1-15(2)6-4-5-10(15)14(19-3)13-11(17)7-9(16)8-12(13)18/h7-8,10,14,19H,4-6H2,1-3H3. The zero-order valence-electron chi connectivity index (χ0n) is 11.6. The Balaban J connectivity index is 2.43. The first-order valence-electron chi connectivity index (χ1n) is 6.68. The molecule has 1 fully saturated rings. The number of halogens is 3. The lowest BCUT2D eigenvalue weighted by Crippen LogP contribution is -2.33. The van der Waals surface area contributed by atoms with E-state index in [1.165, 1.54) is 0 Å². The SMILES string of the molecule is CNC(c1c(F)cc(F)cc1F)C1CCCC1(C)C. The molecular weight excluding hydrogens is 251 g/mol. The molecule has 0 heterocycles. The van der Waals surface area contributed by atoms with E-state index < -0.39 is 23.5 Å². The van der Waals surface area contributed by atoms with E-state index in [0.717, 1.165) is 31.4 Å². The number of hydrogen-bond acceptors (Lipinski definition) is 1. The molecule has 0 radical (unpaired) electrons. The molecule has 0 spiro atoms. The molecule has 0 aliphatic heterocycles. The summed E-state index contributed by atoms with van der Waals surface area (Å²) in [5, 5.41) is 3.01. The fourth-order valence-electron chi connectivity index (χ4n) is 3.37. The fraction of sp³-hybridized carbons (Fsp3) is 0.600. The molecule has 1 N–H and O–H groups in total. The van der Waals surface area contributed by atoms with E-state index in [0.29, 0.717) is 0 Å². The van der Waals surface area contributed by atoms with E-state index in [9.17, 15) is 13.2 Å². The lowest BCUT2D eigenvalue weighted by Gasteiger charge is -2.34. The van der Waals surface area contributed by atoms with Gasteiger partial charge in [0.15, 0.2) is 0 Å². The first kappa shape index (κ1) is 14.4. The van der Waals surface area contributed by atoms with E-state index in [4.69, 9.17) is 0 Å². The highest BCUT2D eigenvalue weighted by Crippen LogP contribution is 2.49. The van der Waals surface area contributed by atoms with Gasteiger partial charge in [-0.3, -0.25) is 0 Å². The molecular formula is C15H20F3N. The Labute approximate surface area is 112 Å². The van der Waals surface area contributed by atoms with Crippen LogP contribution < -0.4 is 5.32 Å². The second kappa shape index (κ2) is 5.16. The van der Waals surface area contributed by atoms with Crippen LogP contribution in [0.2, 0.25) is 0 Å². The maximum absolute atomic E-state index is 13.9. The minimum Gasteiger partial charge on any atom is -0.313 e. The molecule has 106 valence electrons. The molecule has 1 aromatic rings. The van der Waals surface area contributed by atoms with Crippen molar-refractivity contribution in [3.8, 4) is 0 Å². The van der Waals surface area contributed by atoms with Crippen molar-refractivity contribution in [3.05, 3.63) is 35.1 Å². The molecule has 4 heteroatoms. The van der Waals surface area contributed by atoms with Gasteiger partial charge >= 0.3 is 0 Å². The summed E-state index contributed by atoms with van der Waals surface area (Å²) in [4.78, 5) is 0. The molecule has 1 aliphatic carbocycles. The smallest absolute Gasteiger partial charge is 0.133 e. The van der Waals surface area contributed by atoms with Crippen molar-refractivity contribution in [2.24, 2.45) is 11.3 Å². The van der Waals surface area contributed by atoms with Gasteiger partial charge in [0.2, 0.25) is 0 Å². The van der Waals surface area contributed by atoms with Crippen LogP contribution in [0.1, 0.15) is 44.7 Å². The van der Waals surface area contributed by atoms with Crippen LogP contribution >= 0.6 is 0 Å². The van der Waals surface area contributed by atoms with Gasteiger partial charge in [-0.05, 0) is 31.2 Å². The highest BCUT2D eigenvalue weighted by molar-refractivity contribution is 5.26. The summed E-state index contributed by atoms with van der Waals surface area (Å²) in [6, 6.07) is 1.09. The Morgan fingerprint density at radius 2 is 1.79 bits per heavy atom. The van der Waals surface area contributed by atoms with Crippen molar-refractivity contribution in [3.63, 3.8) is 0 Å². The van der Waals surface area contributed by atoms with E-state index in [1.54, 1.807) is 7.05 Å². The van der Waals surface area contributed by atoms with Gasteiger partial charge in [-0.25, -0.2) is 13.2 Å². The third-order valence-corrected chi connectivity index (χ3v) is 4.41. The van der Waals surface area contributed by atoms with Gasteiger partial charge in [0.1, 0.15) is 17.5 Å². The Morgan fingerprint density at radius 1 is 1.21 bits per heavy atom. The number of rotatable bonds is 3. The number of nitrogens with one attached hydrogen (secondary N) is 1. The molecule has 1 saturated carbocycles. The van der Waals surface area contributed by atoms with Gasteiger partial charge in [0.05, 0.1) is 0 Å². The van der Waals surface area contributed by atoms with Crippen LogP contribution in [0.25, 0.3) is 0 Å². The second-order valence-corrected chi connectivity index (χ2v) is 6.04. The summed E-state index contributed by atoms with van der Waals surface area (Å²) in [6.07, 6.45) is 3.02. The summed E-state index contributed by atoms with van der Waals surface area (Å²) in [6.45, 7) is 4.24. The van der Waals surface area contributed by atoms with E-state index in [1.807, 2.05) is 0 Å². The van der Waals surface area contributed by atoms with Crippen LogP contribution in [0, 0.1) is 28.8 Å². The van der Waals surface area contributed by atoms with Crippen LogP contribution in [0.5, 0.6) is 0 Å². The summed E-state index contributed by atoms with van der Waals surface area (Å²) < 4.78 is 40.9. The average Bonchev–Trinajstić information content (AvgIpc) is 2.63. The van der Waals surface area contributed by atoms with Gasteiger partial charge in [0.25, 0.3) is 0 Å². The van der Waals surface area contributed by atoms with Crippen molar-refractivity contribution in [2.75, 3.05) is 7.05 Å². The van der Waals surface area contributed by atoms with Crippen molar-refractivity contribution < 1.29 is 13.2 Å². The third-order valence-electron chi connectivity index (χ3n) is 4.41. The van der Waals surface area contributed by atoms with E-state index >= 15 is 0 Å². The second-order valence-electron chi connectivity index (χ2n) is 6.04. The van der Waals surface area contributed by atoms with Crippen LogP contribution in [0.4, 0.5) is 13.2 Å². The Kier molecular flexibility index (Phi) is 3.90. The predicted octanol–water partition coefficient (Wildman–Crippen LogP) is 4.19. The molecule has 1 aliphatic rings. The summed E-state index contributed by atoms with van der Waals surface area (Å²) >= 11 is 0. The molecule has 2 unspecified atom stereocenters. The lowest BCUT2D eigenvalue weighted by molar-refractivity contribution is 0.197. The van der Waals surface area contributed by atoms with E-state index in [2.05, 4.69) is 19.2 Å². The van der Waals surface area contributed by atoms with Crippen LogP contribution in [0.15, 0.2) is 12.1 Å². The minimum absolute atomic E-state index is 0.0287. The van der Waals surface area contributed by atoms with Gasteiger partial charge in [0, 0.05) is 23.7 Å². The average molecular weight is 271 g/mol. The van der Waals surface area contributed by atoms with Crippen LogP contribution in [-0.4, -0.2) is 7.05 Å². The zero-order chi connectivity index (χ0) is 14.2. The lowest BCUT2D eigenvalue weighted by atomic mass is 9.75. The number of hydrogen-bond donors (Lipinski definition) is 1. The Morgan fingerprint density at radius 3 is 2.21 bits per heavy atom. The minimum atomic E-state index is -0.876. The van der Waals surface area contributed by atoms with Crippen molar-refractivity contribution >= 4 is 0 Å². The van der Waals surface area contributed by atoms with Crippen LogP contribution in [0.3, 0.4) is 0 Å². The van der Waals surface area contributed by atoms with Crippen LogP contribution in [-0.2, 0) is 0 Å². The highest BCUT2D eigenvalue weighted by atomic mass is 19.1. The predicted molar refractivity (Wildman–Crippen MR) is 69.2 cm³/mol. The molecule has 0 amide bonds. The fourth-order valence-corrected chi connectivity index (χ4v) is 3.37. The first-order valence-corrected chi connectivity index (χ1v) is 6.68. The summed E-state index contributed by atoms with van der Waals surface area (Å²) in [5.41, 5.74) is -0.00937. The maximum Gasteiger partial charge on any atom is 0.133 e. The van der Waals surface area contributed by atoms with Gasteiger partial charge in [-0.1, -0.05) is 20.3 Å². The molecule has 2 rings (SSSR count). The Hall–Kier alpha value is -1.03. The Bertz CT molecular complexity index is 447. The molecule has 0 aromatic heterocycles.